The van der Waals surface area contributed by atoms with Crippen LogP contribution >= 0.6 is 15.9 Å². The summed E-state index contributed by atoms with van der Waals surface area (Å²) < 4.78 is 12.0. The number of hydrogen-bond donors (Lipinski definition) is 1. The van der Waals surface area contributed by atoms with Crippen molar-refractivity contribution in [3.05, 3.63) is 22.2 Å². The lowest BCUT2D eigenvalue weighted by Gasteiger charge is -2.21. The molecule has 0 aromatic heterocycles. The summed E-state index contributed by atoms with van der Waals surface area (Å²) in [5.41, 5.74) is 0.893. The maximum absolute atomic E-state index is 10.3. The van der Waals surface area contributed by atoms with Crippen molar-refractivity contribution < 1.29 is 14.6 Å². The molecule has 1 unspecified atom stereocenters. The number of benzene rings is 1. The normalized spacial score (nSPS) is 15.2. The van der Waals surface area contributed by atoms with Crippen molar-refractivity contribution in [2.75, 3.05) is 13.2 Å². The van der Waals surface area contributed by atoms with Gasteiger partial charge in [-0.1, -0.05) is 55.0 Å². The summed E-state index contributed by atoms with van der Waals surface area (Å²) in [5, 5.41) is 10.3. The van der Waals surface area contributed by atoms with E-state index in [-0.39, 0.29) is 0 Å². The minimum atomic E-state index is -0.443. The zero-order chi connectivity index (χ0) is 14.4. The van der Waals surface area contributed by atoms with E-state index in [0.717, 1.165) is 34.4 Å². The first-order chi connectivity index (χ1) is 9.72. The molecule has 1 aromatic carbocycles. The van der Waals surface area contributed by atoms with Gasteiger partial charge in [-0.15, -0.1) is 0 Å². The standard InChI is InChI=1S/C16H23BrO3/c1-2-3-4-5-6-7-14(18)12-10-15-16(11-13(12)17)20-9-8-19-15/h10-11,14,18H,2-9H2,1H3. The van der Waals surface area contributed by atoms with Crippen LogP contribution in [0.1, 0.15) is 57.1 Å². The van der Waals surface area contributed by atoms with E-state index in [1.54, 1.807) is 0 Å². The van der Waals surface area contributed by atoms with Crippen molar-refractivity contribution in [1.82, 2.24) is 0 Å². The molecule has 112 valence electrons. The first-order valence-corrected chi connectivity index (χ1v) is 8.28. The summed E-state index contributed by atoms with van der Waals surface area (Å²) >= 11 is 3.51. The Morgan fingerprint density at radius 1 is 1.10 bits per heavy atom. The number of rotatable bonds is 7. The predicted molar refractivity (Wildman–Crippen MR) is 83.5 cm³/mol. The molecule has 0 aliphatic carbocycles. The summed E-state index contributed by atoms with van der Waals surface area (Å²) in [6, 6.07) is 3.79. The largest absolute Gasteiger partial charge is 0.486 e. The number of halogens is 1. The molecule has 0 spiro atoms. The van der Waals surface area contributed by atoms with E-state index in [1.807, 2.05) is 12.1 Å². The molecule has 0 fully saturated rings. The van der Waals surface area contributed by atoms with Crippen molar-refractivity contribution in [3.8, 4) is 11.5 Å². The van der Waals surface area contributed by atoms with E-state index in [4.69, 9.17) is 9.47 Å². The zero-order valence-corrected chi connectivity index (χ0v) is 13.6. The summed E-state index contributed by atoms with van der Waals surface area (Å²) in [4.78, 5) is 0. The minimum Gasteiger partial charge on any atom is -0.486 e. The Hall–Kier alpha value is -0.740. The Labute approximate surface area is 129 Å². The molecule has 0 saturated carbocycles. The van der Waals surface area contributed by atoms with Gasteiger partial charge in [0.2, 0.25) is 0 Å². The quantitative estimate of drug-likeness (QED) is 0.735. The molecule has 4 heteroatoms. The van der Waals surface area contributed by atoms with Crippen molar-refractivity contribution in [1.29, 1.82) is 0 Å². The monoisotopic (exact) mass is 342 g/mol. The highest BCUT2D eigenvalue weighted by atomic mass is 79.9. The van der Waals surface area contributed by atoms with Crippen LogP contribution in [0.3, 0.4) is 0 Å². The summed E-state index contributed by atoms with van der Waals surface area (Å²) in [5.74, 6) is 1.49. The first kappa shape index (κ1) is 15.6. The maximum Gasteiger partial charge on any atom is 0.162 e. The molecule has 0 bridgehead atoms. The fraction of sp³-hybridized carbons (Fsp3) is 0.625. The van der Waals surface area contributed by atoms with Crippen molar-refractivity contribution in [3.63, 3.8) is 0 Å². The van der Waals surface area contributed by atoms with Crippen LogP contribution in [0.25, 0.3) is 0 Å². The minimum absolute atomic E-state index is 0.443. The zero-order valence-electron chi connectivity index (χ0n) is 12.0. The Morgan fingerprint density at radius 3 is 2.45 bits per heavy atom. The summed E-state index contributed by atoms with van der Waals surface area (Å²) in [6.07, 6.45) is 6.38. The van der Waals surface area contributed by atoms with Gasteiger partial charge in [-0.05, 0) is 24.1 Å². The van der Waals surface area contributed by atoms with E-state index >= 15 is 0 Å². The average Bonchev–Trinajstić information content (AvgIpc) is 2.46. The van der Waals surface area contributed by atoms with Gasteiger partial charge in [0.15, 0.2) is 11.5 Å². The molecule has 0 radical (unpaired) electrons. The number of hydrogen-bond acceptors (Lipinski definition) is 3. The fourth-order valence-electron chi connectivity index (χ4n) is 2.43. The molecule has 1 aliphatic heterocycles. The third-order valence-electron chi connectivity index (χ3n) is 3.60. The van der Waals surface area contributed by atoms with Crippen LogP contribution in [0.5, 0.6) is 11.5 Å². The molecule has 20 heavy (non-hydrogen) atoms. The van der Waals surface area contributed by atoms with Crippen LogP contribution in [-0.4, -0.2) is 18.3 Å². The number of unbranched alkanes of at least 4 members (excludes halogenated alkanes) is 4. The second-order valence-corrected chi connectivity index (χ2v) is 6.09. The van der Waals surface area contributed by atoms with Crippen LogP contribution in [0.2, 0.25) is 0 Å². The molecule has 2 rings (SSSR count). The number of ether oxygens (including phenoxy) is 2. The number of aliphatic hydroxyl groups excluding tert-OH is 1. The number of aliphatic hydroxyl groups is 1. The Morgan fingerprint density at radius 2 is 1.75 bits per heavy atom. The first-order valence-electron chi connectivity index (χ1n) is 7.49. The van der Waals surface area contributed by atoms with Gasteiger partial charge in [0, 0.05) is 4.47 Å². The lowest BCUT2D eigenvalue weighted by Crippen LogP contribution is -2.16. The molecule has 1 aromatic rings. The van der Waals surface area contributed by atoms with E-state index in [9.17, 15) is 5.11 Å². The van der Waals surface area contributed by atoms with E-state index in [0.29, 0.717) is 13.2 Å². The highest BCUT2D eigenvalue weighted by molar-refractivity contribution is 9.10. The Balaban J connectivity index is 1.93. The Bertz CT molecular complexity index is 434. The average molecular weight is 343 g/mol. The smallest absolute Gasteiger partial charge is 0.162 e. The molecular formula is C16H23BrO3. The van der Waals surface area contributed by atoms with Crippen LogP contribution in [0, 0.1) is 0 Å². The van der Waals surface area contributed by atoms with Crippen molar-refractivity contribution in [2.45, 2.75) is 51.6 Å². The van der Waals surface area contributed by atoms with Crippen LogP contribution < -0.4 is 9.47 Å². The van der Waals surface area contributed by atoms with E-state index in [2.05, 4.69) is 22.9 Å². The Kier molecular flexibility index (Phi) is 6.17. The van der Waals surface area contributed by atoms with Gasteiger partial charge >= 0.3 is 0 Å². The lowest BCUT2D eigenvalue weighted by atomic mass is 10.0. The molecule has 0 amide bonds. The predicted octanol–water partition coefficient (Wildman–Crippen LogP) is 4.61. The third kappa shape index (κ3) is 4.13. The SMILES string of the molecule is CCCCCCCC(O)c1cc2c(cc1Br)OCCO2. The van der Waals surface area contributed by atoms with E-state index in [1.165, 1.54) is 25.7 Å². The lowest BCUT2D eigenvalue weighted by molar-refractivity contribution is 0.156. The molecule has 1 atom stereocenters. The van der Waals surface area contributed by atoms with E-state index < -0.39 is 6.10 Å². The van der Waals surface area contributed by atoms with Gasteiger partial charge in [-0.25, -0.2) is 0 Å². The highest BCUT2D eigenvalue weighted by Crippen LogP contribution is 2.38. The van der Waals surface area contributed by atoms with Crippen LogP contribution in [0.4, 0.5) is 0 Å². The molecule has 0 saturated heterocycles. The van der Waals surface area contributed by atoms with Gasteiger partial charge in [0.25, 0.3) is 0 Å². The van der Waals surface area contributed by atoms with Crippen LogP contribution in [-0.2, 0) is 0 Å². The van der Waals surface area contributed by atoms with Gasteiger partial charge < -0.3 is 14.6 Å². The van der Waals surface area contributed by atoms with Gasteiger partial charge in [0.05, 0.1) is 6.10 Å². The van der Waals surface area contributed by atoms with Crippen molar-refractivity contribution in [2.24, 2.45) is 0 Å². The van der Waals surface area contributed by atoms with Crippen molar-refractivity contribution >= 4 is 15.9 Å². The van der Waals surface area contributed by atoms with Crippen LogP contribution in [0.15, 0.2) is 16.6 Å². The van der Waals surface area contributed by atoms with Gasteiger partial charge in [-0.2, -0.15) is 0 Å². The molecule has 1 heterocycles. The number of fused-ring (bicyclic) bond motifs is 1. The second-order valence-electron chi connectivity index (χ2n) is 5.24. The topological polar surface area (TPSA) is 38.7 Å². The summed E-state index contributed by atoms with van der Waals surface area (Å²) in [6.45, 7) is 3.36. The molecular weight excluding hydrogens is 320 g/mol. The molecule has 3 nitrogen and oxygen atoms in total. The second kappa shape index (κ2) is 7.89. The molecule has 1 aliphatic rings. The summed E-state index contributed by atoms with van der Waals surface area (Å²) in [7, 11) is 0. The highest BCUT2D eigenvalue weighted by Gasteiger charge is 2.18. The maximum atomic E-state index is 10.3. The molecule has 1 N–H and O–H groups in total. The van der Waals surface area contributed by atoms with Gasteiger partial charge in [-0.3, -0.25) is 0 Å². The third-order valence-corrected chi connectivity index (χ3v) is 4.29. The van der Waals surface area contributed by atoms with Gasteiger partial charge in [0.1, 0.15) is 13.2 Å². The fourth-order valence-corrected chi connectivity index (χ4v) is 3.02.